The number of nitrogens with zero attached hydrogens (tertiary/aromatic N) is 1. The first-order chi connectivity index (χ1) is 8.99. The first-order valence-corrected chi connectivity index (χ1v) is 6.25. The van der Waals surface area contributed by atoms with Gasteiger partial charge in [0.05, 0.1) is 11.4 Å². The topological polar surface area (TPSA) is 72.4 Å². The zero-order chi connectivity index (χ0) is 14.0. The van der Waals surface area contributed by atoms with Crippen LogP contribution in [0.25, 0.3) is 0 Å². The van der Waals surface area contributed by atoms with Gasteiger partial charge in [0, 0.05) is 19.5 Å². The fraction of sp³-hybridized carbons (Fsp3) is 0.462. The largest absolute Gasteiger partial charge is 0.397 e. The Morgan fingerprint density at radius 3 is 2.53 bits per heavy atom. The quantitative estimate of drug-likeness (QED) is 0.819. The third kappa shape index (κ3) is 2.94. The monoisotopic (exact) mass is 269 g/mol. The molecule has 6 heteroatoms. The molecule has 0 aromatic heterocycles. The van der Waals surface area contributed by atoms with Crippen LogP contribution < -0.4 is 16.4 Å². The number of hydrogen-bond donors (Lipinski definition) is 2. The molecule has 0 aliphatic carbocycles. The average molecular weight is 269 g/mol. The van der Waals surface area contributed by atoms with Gasteiger partial charge in [-0.1, -0.05) is 0 Å². The SMILES string of the molecule is NC(=O)CC1CCN(c2c(N)ccc(F)c2F)CC1. The summed E-state index contributed by atoms with van der Waals surface area (Å²) in [4.78, 5) is 12.6. The lowest BCUT2D eigenvalue weighted by molar-refractivity contribution is -0.119. The molecule has 0 spiro atoms. The molecular formula is C13H17F2N3O. The van der Waals surface area contributed by atoms with Crippen molar-refractivity contribution in [3.8, 4) is 0 Å². The van der Waals surface area contributed by atoms with Crippen molar-refractivity contribution in [3.63, 3.8) is 0 Å². The molecule has 0 atom stereocenters. The van der Waals surface area contributed by atoms with Crippen molar-refractivity contribution < 1.29 is 13.6 Å². The molecule has 19 heavy (non-hydrogen) atoms. The van der Waals surface area contributed by atoms with Gasteiger partial charge in [0.1, 0.15) is 0 Å². The predicted octanol–water partition coefficient (Wildman–Crippen LogP) is 1.64. The molecule has 1 aliphatic rings. The normalized spacial score (nSPS) is 16.6. The molecule has 0 radical (unpaired) electrons. The maximum absolute atomic E-state index is 13.8. The van der Waals surface area contributed by atoms with Crippen LogP contribution in [-0.4, -0.2) is 19.0 Å². The van der Waals surface area contributed by atoms with Gasteiger partial charge >= 0.3 is 0 Å². The molecular weight excluding hydrogens is 252 g/mol. The van der Waals surface area contributed by atoms with Crippen molar-refractivity contribution in [2.45, 2.75) is 19.3 Å². The highest BCUT2D eigenvalue weighted by atomic mass is 19.2. The summed E-state index contributed by atoms with van der Waals surface area (Å²) in [7, 11) is 0. The summed E-state index contributed by atoms with van der Waals surface area (Å²) < 4.78 is 27.0. The lowest BCUT2D eigenvalue weighted by atomic mass is 9.93. The van der Waals surface area contributed by atoms with Crippen LogP contribution in [0.5, 0.6) is 0 Å². The molecule has 2 rings (SSSR count). The number of nitrogens with two attached hydrogens (primary N) is 2. The van der Waals surface area contributed by atoms with Gasteiger partial charge < -0.3 is 16.4 Å². The summed E-state index contributed by atoms with van der Waals surface area (Å²) in [6.45, 7) is 1.09. The Hall–Kier alpha value is -1.85. The zero-order valence-electron chi connectivity index (χ0n) is 10.5. The average Bonchev–Trinajstić information content (AvgIpc) is 2.36. The summed E-state index contributed by atoms with van der Waals surface area (Å²) in [5, 5.41) is 0. The second-order valence-corrected chi connectivity index (χ2v) is 4.90. The van der Waals surface area contributed by atoms with Crippen LogP contribution in [-0.2, 0) is 4.79 Å². The maximum atomic E-state index is 13.8. The Morgan fingerprint density at radius 2 is 1.95 bits per heavy atom. The Labute approximate surface area is 110 Å². The molecule has 0 bridgehead atoms. The van der Waals surface area contributed by atoms with Gasteiger partial charge in [-0.15, -0.1) is 0 Å². The van der Waals surface area contributed by atoms with Crippen molar-refractivity contribution in [1.29, 1.82) is 0 Å². The molecule has 1 heterocycles. The minimum atomic E-state index is -0.909. The Balaban J connectivity index is 2.10. The van der Waals surface area contributed by atoms with Crippen LogP contribution in [0.4, 0.5) is 20.2 Å². The molecule has 1 saturated heterocycles. The van der Waals surface area contributed by atoms with E-state index in [-0.39, 0.29) is 23.2 Å². The van der Waals surface area contributed by atoms with E-state index >= 15 is 0 Å². The summed E-state index contributed by atoms with van der Waals surface area (Å²) in [6, 6.07) is 2.39. The highest BCUT2D eigenvalue weighted by molar-refractivity contribution is 5.74. The van der Waals surface area contributed by atoms with Crippen molar-refractivity contribution in [1.82, 2.24) is 0 Å². The fourth-order valence-corrected chi connectivity index (χ4v) is 2.52. The molecule has 4 nitrogen and oxygen atoms in total. The third-order valence-corrected chi connectivity index (χ3v) is 3.52. The van der Waals surface area contributed by atoms with E-state index in [4.69, 9.17) is 11.5 Å². The van der Waals surface area contributed by atoms with Gasteiger partial charge in [0.2, 0.25) is 5.91 Å². The number of anilines is 2. The second-order valence-electron chi connectivity index (χ2n) is 4.90. The van der Waals surface area contributed by atoms with Gasteiger partial charge in [0.15, 0.2) is 11.6 Å². The Kier molecular flexibility index (Phi) is 3.87. The van der Waals surface area contributed by atoms with Crippen LogP contribution in [0.1, 0.15) is 19.3 Å². The lowest BCUT2D eigenvalue weighted by Crippen LogP contribution is -2.36. The van der Waals surface area contributed by atoms with E-state index in [1.54, 1.807) is 4.90 Å². The fourth-order valence-electron chi connectivity index (χ4n) is 2.52. The lowest BCUT2D eigenvalue weighted by Gasteiger charge is -2.34. The van der Waals surface area contributed by atoms with Crippen LogP contribution >= 0.6 is 0 Å². The van der Waals surface area contributed by atoms with Crippen LogP contribution in [0.15, 0.2) is 12.1 Å². The third-order valence-electron chi connectivity index (χ3n) is 3.52. The summed E-state index contributed by atoms with van der Waals surface area (Å²) in [6.07, 6.45) is 1.78. The van der Waals surface area contributed by atoms with E-state index in [0.29, 0.717) is 19.5 Å². The molecule has 4 N–H and O–H groups in total. The van der Waals surface area contributed by atoms with E-state index in [1.807, 2.05) is 0 Å². The first-order valence-electron chi connectivity index (χ1n) is 6.25. The van der Waals surface area contributed by atoms with Crippen molar-refractivity contribution in [2.24, 2.45) is 11.7 Å². The van der Waals surface area contributed by atoms with Crippen LogP contribution in [0.3, 0.4) is 0 Å². The molecule has 1 aromatic carbocycles. The van der Waals surface area contributed by atoms with Gasteiger partial charge in [0.25, 0.3) is 0 Å². The second kappa shape index (κ2) is 5.42. The van der Waals surface area contributed by atoms with E-state index in [2.05, 4.69) is 0 Å². The maximum Gasteiger partial charge on any atom is 0.217 e. The minimum Gasteiger partial charge on any atom is -0.397 e. The Bertz CT molecular complexity index is 485. The number of piperidine rings is 1. The molecule has 1 aromatic rings. The molecule has 1 aliphatic heterocycles. The number of carbonyl (C=O) groups excluding carboxylic acids is 1. The number of rotatable bonds is 3. The predicted molar refractivity (Wildman–Crippen MR) is 69.5 cm³/mol. The first kappa shape index (κ1) is 13.6. The standard InChI is InChI=1S/C13H17F2N3O/c14-9-1-2-10(16)13(12(9)15)18-5-3-8(4-6-18)7-11(17)19/h1-2,8H,3-7,16H2,(H2,17,19). The molecule has 0 unspecified atom stereocenters. The highest BCUT2D eigenvalue weighted by Crippen LogP contribution is 2.32. The van der Waals surface area contributed by atoms with Crippen molar-refractivity contribution >= 4 is 17.3 Å². The number of benzene rings is 1. The zero-order valence-corrected chi connectivity index (χ0v) is 10.5. The van der Waals surface area contributed by atoms with E-state index in [0.717, 1.165) is 18.9 Å². The van der Waals surface area contributed by atoms with Crippen molar-refractivity contribution in [3.05, 3.63) is 23.8 Å². The Morgan fingerprint density at radius 1 is 1.32 bits per heavy atom. The van der Waals surface area contributed by atoms with E-state index in [1.165, 1.54) is 6.07 Å². The summed E-state index contributed by atoms with van der Waals surface area (Å²) in [5.74, 6) is -1.92. The number of nitrogen functional groups attached to an aromatic ring is 1. The van der Waals surface area contributed by atoms with E-state index < -0.39 is 11.6 Å². The number of amides is 1. The number of primary amides is 1. The van der Waals surface area contributed by atoms with Crippen molar-refractivity contribution in [2.75, 3.05) is 23.7 Å². The smallest absolute Gasteiger partial charge is 0.217 e. The van der Waals surface area contributed by atoms with Gasteiger partial charge in [-0.25, -0.2) is 8.78 Å². The minimum absolute atomic E-state index is 0.123. The molecule has 104 valence electrons. The van der Waals surface area contributed by atoms with Gasteiger partial charge in [-0.3, -0.25) is 4.79 Å². The van der Waals surface area contributed by atoms with Crippen LogP contribution in [0.2, 0.25) is 0 Å². The number of carbonyl (C=O) groups is 1. The molecule has 1 amide bonds. The summed E-state index contributed by atoms with van der Waals surface area (Å²) >= 11 is 0. The highest BCUT2D eigenvalue weighted by Gasteiger charge is 2.25. The van der Waals surface area contributed by atoms with E-state index in [9.17, 15) is 13.6 Å². The number of hydrogen-bond acceptors (Lipinski definition) is 3. The summed E-state index contributed by atoms with van der Waals surface area (Å²) in [5.41, 5.74) is 11.2. The van der Waals surface area contributed by atoms with Gasteiger partial charge in [-0.05, 0) is 30.9 Å². The molecule has 1 fully saturated rings. The van der Waals surface area contributed by atoms with Gasteiger partial charge in [-0.2, -0.15) is 0 Å². The number of halogens is 2. The van der Waals surface area contributed by atoms with Crippen LogP contribution in [0, 0.1) is 17.6 Å². The molecule has 0 saturated carbocycles.